The zero-order valence-electron chi connectivity index (χ0n) is 19.4. The number of benzene rings is 1. The molecule has 174 valence electrons. The second-order valence-electron chi connectivity index (χ2n) is 8.39. The fourth-order valence-electron chi connectivity index (χ4n) is 4.08. The zero-order valence-corrected chi connectivity index (χ0v) is 19.4. The van der Waals surface area contributed by atoms with Crippen molar-refractivity contribution in [2.24, 2.45) is 0 Å². The molecule has 0 saturated carbocycles. The molecule has 3 heterocycles. The van der Waals surface area contributed by atoms with Crippen LogP contribution in [0.15, 0.2) is 53.3 Å². The molecule has 8 nitrogen and oxygen atoms in total. The molecular formula is C25H30N4O4. The van der Waals surface area contributed by atoms with E-state index in [4.69, 9.17) is 14.0 Å². The molecule has 3 aromatic rings. The molecule has 0 bridgehead atoms. The molecule has 0 radical (unpaired) electrons. The van der Waals surface area contributed by atoms with Crippen LogP contribution in [-0.2, 0) is 29.2 Å². The van der Waals surface area contributed by atoms with Gasteiger partial charge >= 0.3 is 0 Å². The van der Waals surface area contributed by atoms with Gasteiger partial charge in [0.25, 0.3) is 0 Å². The molecule has 1 atom stereocenters. The quantitative estimate of drug-likeness (QED) is 0.522. The maximum atomic E-state index is 13.2. The average molecular weight is 451 g/mol. The van der Waals surface area contributed by atoms with Gasteiger partial charge in [-0.15, -0.1) is 0 Å². The third-order valence-corrected chi connectivity index (χ3v) is 5.88. The van der Waals surface area contributed by atoms with Crippen molar-refractivity contribution in [3.8, 4) is 5.75 Å². The second kappa shape index (κ2) is 10.6. The van der Waals surface area contributed by atoms with Gasteiger partial charge in [-0.2, -0.15) is 0 Å². The Morgan fingerprint density at radius 1 is 1.12 bits per heavy atom. The minimum Gasteiger partial charge on any atom is -0.497 e. The second-order valence-corrected chi connectivity index (χ2v) is 8.39. The van der Waals surface area contributed by atoms with Crippen molar-refractivity contribution in [2.75, 3.05) is 26.7 Å². The molecule has 1 aliphatic rings. The Labute approximate surface area is 194 Å². The van der Waals surface area contributed by atoms with Crippen LogP contribution in [0.25, 0.3) is 0 Å². The van der Waals surface area contributed by atoms with Gasteiger partial charge in [0.1, 0.15) is 11.5 Å². The highest BCUT2D eigenvalue weighted by molar-refractivity contribution is 5.78. The lowest BCUT2D eigenvalue weighted by atomic mass is 10.2. The molecule has 0 N–H and O–H groups in total. The first-order valence-electron chi connectivity index (χ1n) is 11.1. The van der Waals surface area contributed by atoms with Crippen LogP contribution in [0.1, 0.15) is 28.1 Å². The Morgan fingerprint density at radius 3 is 2.70 bits per heavy atom. The van der Waals surface area contributed by atoms with E-state index < -0.39 is 0 Å². The summed E-state index contributed by atoms with van der Waals surface area (Å²) in [4.78, 5) is 21.4. The summed E-state index contributed by atoms with van der Waals surface area (Å²) in [5.41, 5.74) is 3.88. The predicted octanol–water partition coefficient (Wildman–Crippen LogP) is 3.12. The van der Waals surface area contributed by atoms with Crippen LogP contribution in [-0.4, -0.2) is 58.7 Å². The highest BCUT2D eigenvalue weighted by Crippen LogP contribution is 2.20. The minimum absolute atomic E-state index is 0.0742. The van der Waals surface area contributed by atoms with Gasteiger partial charge in [-0.3, -0.25) is 14.7 Å². The Balaban J connectivity index is 1.51. The van der Waals surface area contributed by atoms with Crippen LogP contribution in [0.4, 0.5) is 0 Å². The molecule has 1 fully saturated rings. The molecule has 1 saturated heterocycles. The number of carbonyl (C=O) groups excluding carboxylic acids is 1. The maximum Gasteiger partial charge on any atom is 0.237 e. The van der Waals surface area contributed by atoms with Crippen molar-refractivity contribution in [3.63, 3.8) is 0 Å². The summed E-state index contributed by atoms with van der Waals surface area (Å²) < 4.78 is 16.9. The van der Waals surface area contributed by atoms with Gasteiger partial charge in [-0.25, -0.2) is 0 Å². The first-order chi connectivity index (χ1) is 16.0. The SMILES string of the molecule is COc1cccc(CN2C[C@H](OCc3c(C)noc3C)CN(Cc3cccnc3)CC2=O)c1. The van der Waals surface area contributed by atoms with Gasteiger partial charge in [0.2, 0.25) is 5.91 Å². The fourth-order valence-corrected chi connectivity index (χ4v) is 4.08. The number of hydrogen-bond donors (Lipinski definition) is 0. The van der Waals surface area contributed by atoms with Crippen LogP contribution < -0.4 is 4.74 Å². The summed E-state index contributed by atoms with van der Waals surface area (Å²) in [7, 11) is 1.64. The third-order valence-electron chi connectivity index (χ3n) is 5.88. The number of aryl methyl sites for hydroxylation is 2. The molecule has 0 aliphatic carbocycles. The topological polar surface area (TPSA) is 80.9 Å². The Morgan fingerprint density at radius 2 is 1.97 bits per heavy atom. The largest absolute Gasteiger partial charge is 0.497 e. The molecule has 1 amide bonds. The highest BCUT2D eigenvalue weighted by atomic mass is 16.5. The Hall–Kier alpha value is -3.23. The van der Waals surface area contributed by atoms with Gasteiger partial charge < -0.3 is 18.9 Å². The van der Waals surface area contributed by atoms with Gasteiger partial charge in [0.05, 0.1) is 32.1 Å². The number of carbonyl (C=O) groups is 1. The Kier molecular flexibility index (Phi) is 7.36. The van der Waals surface area contributed by atoms with Gasteiger partial charge in [0.15, 0.2) is 0 Å². The van der Waals surface area contributed by atoms with Crippen molar-refractivity contribution in [1.29, 1.82) is 0 Å². The van der Waals surface area contributed by atoms with Crippen LogP contribution in [0, 0.1) is 13.8 Å². The summed E-state index contributed by atoms with van der Waals surface area (Å²) in [6.07, 6.45) is 3.43. The third kappa shape index (κ3) is 5.97. The molecule has 2 aromatic heterocycles. The highest BCUT2D eigenvalue weighted by Gasteiger charge is 2.29. The van der Waals surface area contributed by atoms with E-state index >= 15 is 0 Å². The number of amides is 1. The average Bonchev–Trinajstić information content (AvgIpc) is 3.06. The summed E-state index contributed by atoms with van der Waals surface area (Å²) in [5.74, 6) is 1.61. The van der Waals surface area contributed by atoms with Crippen molar-refractivity contribution in [3.05, 3.63) is 76.9 Å². The first-order valence-corrected chi connectivity index (χ1v) is 11.1. The van der Waals surface area contributed by atoms with E-state index in [1.807, 2.05) is 61.3 Å². The van der Waals surface area contributed by atoms with Crippen LogP contribution in [0.5, 0.6) is 5.75 Å². The summed E-state index contributed by atoms with van der Waals surface area (Å²) in [5, 5.41) is 4.02. The number of aromatic nitrogens is 2. The van der Waals surface area contributed by atoms with Gasteiger partial charge in [-0.05, 0) is 43.2 Å². The number of rotatable bonds is 8. The lowest BCUT2D eigenvalue weighted by molar-refractivity contribution is -0.132. The lowest BCUT2D eigenvalue weighted by Gasteiger charge is -2.25. The molecule has 1 aromatic carbocycles. The molecular weight excluding hydrogens is 420 g/mol. The van der Waals surface area contributed by atoms with E-state index in [1.54, 1.807) is 13.3 Å². The van der Waals surface area contributed by atoms with E-state index in [2.05, 4.69) is 15.0 Å². The molecule has 8 heteroatoms. The van der Waals surface area contributed by atoms with Crippen molar-refractivity contribution < 1.29 is 18.8 Å². The normalized spacial score (nSPS) is 17.2. The van der Waals surface area contributed by atoms with Crippen molar-refractivity contribution in [1.82, 2.24) is 19.9 Å². The fraction of sp³-hybridized carbons (Fsp3) is 0.400. The van der Waals surface area contributed by atoms with E-state index in [1.165, 1.54) is 0 Å². The van der Waals surface area contributed by atoms with E-state index in [0.717, 1.165) is 33.9 Å². The first kappa shape index (κ1) is 22.9. The van der Waals surface area contributed by atoms with Crippen LogP contribution >= 0.6 is 0 Å². The summed E-state index contributed by atoms with van der Waals surface area (Å²) in [6, 6.07) is 11.8. The lowest BCUT2D eigenvalue weighted by Crippen LogP contribution is -2.37. The molecule has 1 aliphatic heterocycles. The van der Waals surface area contributed by atoms with Gasteiger partial charge in [0, 0.05) is 44.1 Å². The number of methoxy groups -OCH3 is 1. The van der Waals surface area contributed by atoms with Crippen LogP contribution in [0.2, 0.25) is 0 Å². The van der Waals surface area contributed by atoms with Crippen molar-refractivity contribution in [2.45, 2.75) is 39.6 Å². The number of pyridine rings is 1. The molecule has 33 heavy (non-hydrogen) atoms. The van der Waals surface area contributed by atoms with E-state index in [-0.39, 0.29) is 12.0 Å². The number of ether oxygens (including phenoxy) is 2. The van der Waals surface area contributed by atoms with Gasteiger partial charge in [-0.1, -0.05) is 23.4 Å². The summed E-state index contributed by atoms with van der Waals surface area (Å²) in [6.45, 7) is 6.80. The maximum absolute atomic E-state index is 13.2. The zero-order chi connectivity index (χ0) is 23.2. The smallest absolute Gasteiger partial charge is 0.237 e. The molecule has 0 unspecified atom stereocenters. The Bertz CT molecular complexity index is 1050. The number of nitrogens with zero attached hydrogens (tertiary/aromatic N) is 4. The van der Waals surface area contributed by atoms with E-state index in [9.17, 15) is 4.79 Å². The van der Waals surface area contributed by atoms with Crippen LogP contribution in [0.3, 0.4) is 0 Å². The predicted molar refractivity (Wildman–Crippen MR) is 122 cm³/mol. The van der Waals surface area contributed by atoms with E-state index in [0.29, 0.717) is 39.3 Å². The standard InChI is InChI=1S/C25H30N4O4/c1-18-24(19(2)33-27-18)17-32-23-14-28(12-21-7-5-9-26-11-21)16-25(30)29(15-23)13-20-6-4-8-22(10-20)31-3/h4-11,23H,12-17H2,1-3H3/t23-/m1/s1. The molecule has 4 rings (SSSR count). The monoisotopic (exact) mass is 450 g/mol. The summed E-state index contributed by atoms with van der Waals surface area (Å²) >= 11 is 0. The number of hydrogen-bond acceptors (Lipinski definition) is 7. The molecule has 0 spiro atoms. The van der Waals surface area contributed by atoms with Crippen molar-refractivity contribution >= 4 is 5.91 Å². The minimum atomic E-state index is -0.160.